The van der Waals surface area contributed by atoms with Gasteiger partial charge in [0.2, 0.25) is 8.73 Å². The third-order valence-corrected chi connectivity index (χ3v) is 2.08. The van der Waals surface area contributed by atoms with Crippen molar-refractivity contribution in [1.29, 1.82) is 0 Å². The quantitative estimate of drug-likeness (QED) is 0.470. The summed E-state index contributed by atoms with van der Waals surface area (Å²) in [5.74, 6) is 0. The summed E-state index contributed by atoms with van der Waals surface area (Å²) in [6.07, 6.45) is 0.549. The Morgan fingerprint density at radius 2 is 1.92 bits per heavy atom. The van der Waals surface area contributed by atoms with Crippen LogP contribution in [0.4, 0.5) is 0 Å². The van der Waals surface area contributed by atoms with E-state index in [0.717, 1.165) is 5.56 Å². The third kappa shape index (κ3) is 4.42. The number of benzene rings is 1. The minimum Gasteiger partial charge on any atom is -0.264 e. The van der Waals surface area contributed by atoms with Crippen LogP contribution in [0.3, 0.4) is 0 Å². The fourth-order valence-electron chi connectivity index (χ4n) is 0.752. The lowest BCUT2D eigenvalue weighted by molar-refractivity contribution is -0.296. The van der Waals surface area contributed by atoms with Gasteiger partial charge in [0, 0.05) is 4.69 Å². The van der Waals surface area contributed by atoms with E-state index in [1.807, 2.05) is 30.3 Å². The van der Waals surface area contributed by atoms with Gasteiger partial charge in [-0.1, -0.05) is 30.3 Å². The van der Waals surface area contributed by atoms with Crippen LogP contribution < -0.4 is 0 Å². The van der Waals surface area contributed by atoms with E-state index in [9.17, 15) is 10.1 Å². The third-order valence-electron chi connectivity index (χ3n) is 1.26. The zero-order valence-electron chi connectivity index (χ0n) is 6.27. The van der Waals surface area contributed by atoms with Crippen LogP contribution in [0, 0.1) is 10.1 Å². The summed E-state index contributed by atoms with van der Waals surface area (Å²) in [5, 5.41) is 9.99. The largest absolute Gasteiger partial charge is 0.264 e. The van der Waals surface area contributed by atoms with E-state index in [2.05, 4.69) is 0 Å². The molecule has 66 valence electrons. The number of rotatable bonds is 3. The molecule has 0 aliphatic carbocycles. The standard InChI is InChI=1S/C7H8NO2P.BrH/c9-8(10)11-6-7-4-2-1-3-5-7;/h1-5,11H,6H2;1H. The molecule has 3 nitrogen and oxygen atoms in total. The summed E-state index contributed by atoms with van der Waals surface area (Å²) >= 11 is 0. The molecule has 1 aromatic carbocycles. The molecule has 0 saturated heterocycles. The second-order valence-electron chi connectivity index (χ2n) is 2.08. The Bertz CT molecular complexity index is 242. The fraction of sp³-hybridized carbons (Fsp3) is 0.143. The maximum Gasteiger partial charge on any atom is 0.240 e. The van der Waals surface area contributed by atoms with E-state index in [4.69, 9.17) is 0 Å². The van der Waals surface area contributed by atoms with Crippen molar-refractivity contribution in [2.75, 3.05) is 0 Å². The zero-order valence-corrected chi connectivity index (χ0v) is 8.98. The van der Waals surface area contributed by atoms with E-state index in [1.165, 1.54) is 0 Å². The molecule has 0 aliphatic rings. The molecule has 1 atom stereocenters. The maximum absolute atomic E-state index is 9.99. The molecule has 0 radical (unpaired) electrons. The Hall–Kier alpha value is -0.470. The second kappa shape index (κ2) is 6.09. The molecule has 0 amide bonds. The first kappa shape index (κ1) is 11.5. The van der Waals surface area contributed by atoms with Crippen molar-refractivity contribution in [1.82, 2.24) is 0 Å². The van der Waals surface area contributed by atoms with E-state index >= 15 is 0 Å². The van der Waals surface area contributed by atoms with Crippen LogP contribution in [-0.2, 0) is 6.16 Å². The Labute approximate surface area is 82.9 Å². The highest BCUT2D eigenvalue weighted by atomic mass is 79.9. The van der Waals surface area contributed by atoms with Crippen LogP contribution >= 0.6 is 25.7 Å². The van der Waals surface area contributed by atoms with Gasteiger partial charge in [-0.15, -0.1) is 17.0 Å². The molecule has 0 aromatic heterocycles. The molecule has 1 unspecified atom stereocenters. The lowest BCUT2D eigenvalue weighted by Gasteiger charge is -1.93. The highest BCUT2D eigenvalue weighted by Gasteiger charge is 1.98. The van der Waals surface area contributed by atoms with E-state index in [-0.39, 0.29) is 30.4 Å². The molecule has 5 heteroatoms. The first-order valence-corrected chi connectivity index (χ1v) is 4.36. The Morgan fingerprint density at radius 1 is 1.33 bits per heavy atom. The van der Waals surface area contributed by atoms with Crippen LogP contribution in [0.5, 0.6) is 0 Å². The van der Waals surface area contributed by atoms with Gasteiger partial charge < -0.3 is 0 Å². The van der Waals surface area contributed by atoms with Crippen molar-refractivity contribution in [3.05, 3.63) is 46.0 Å². The molecule has 0 fully saturated rings. The zero-order chi connectivity index (χ0) is 8.10. The van der Waals surface area contributed by atoms with Crippen molar-refractivity contribution in [3.8, 4) is 0 Å². The van der Waals surface area contributed by atoms with Crippen LogP contribution in [0.2, 0.25) is 0 Å². The molecule has 12 heavy (non-hydrogen) atoms. The summed E-state index contributed by atoms with van der Waals surface area (Å²) in [5.41, 5.74) is 1.03. The summed E-state index contributed by atoms with van der Waals surface area (Å²) in [6.45, 7) is 0. The summed E-state index contributed by atoms with van der Waals surface area (Å²) in [4.78, 5) is 9.99. The average Bonchev–Trinajstić information content (AvgIpc) is 2.03. The van der Waals surface area contributed by atoms with E-state index < -0.39 is 0 Å². The van der Waals surface area contributed by atoms with Crippen LogP contribution in [0.25, 0.3) is 0 Å². The Balaban J connectivity index is 0.00000121. The minimum absolute atomic E-state index is 0. The van der Waals surface area contributed by atoms with Gasteiger partial charge in [-0.3, -0.25) is 10.1 Å². The van der Waals surface area contributed by atoms with Gasteiger partial charge in [0.1, 0.15) is 0 Å². The molecule has 0 N–H and O–H groups in total. The number of nitrogens with zero attached hydrogens (tertiary/aromatic N) is 1. The first-order valence-electron chi connectivity index (χ1n) is 3.21. The minimum atomic E-state index is -0.271. The summed E-state index contributed by atoms with van der Waals surface area (Å²) < 4.78 is -0.271. The molecular weight excluding hydrogens is 241 g/mol. The maximum atomic E-state index is 9.99. The van der Waals surface area contributed by atoms with Crippen LogP contribution in [-0.4, -0.2) is 4.69 Å². The van der Waals surface area contributed by atoms with Crippen LogP contribution in [0.15, 0.2) is 30.3 Å². The smallest absolute Gasteiger partial charge is 0.240 e. The van der Waals surface area contributed by atoms with Gasteiger partial charge in [0.25, 0.3) is 0 Å². The molecule has 0 heterocycles. The van der Waals surface area contributed by atoms with Gasteiger partial charge in [-0.25, -0.2) is 0 Å². The molecule has 0 aliphatic heterocycles. The summed E-state index contributed by atoms with van der Waals surface area (Å²) in [6, 6.07) is 9.48. The number of halogens is 1. The topological polar surface area (TPSA) is 43.1 Å². The first-order chi connectivity index (χ1) is 5.29. The Morgan fingerprint density at radius 3 is 2.42 bits per heavy atom. The van der Waals surface area contributed by atoms with E-state index in [1.54, 1.807) is 0 Å². The van der Waals surface area contributed by atoms with Crippen molar-refractivity contribution in [3.63, 3.8) is 0 Å². The molecule has 1 aromatic rings. The van der Waals surface area contributed by atoms with Crippen molar-refractivity contribution < 1.29 is 4.69 Å². The van der Waals surface area contributed by atoms with E-state index in [0.29, 0.717) is 6.16 Å². The predicted octanol–water partition coefficient (Wildman–Crippen LogP) is 2.63. The second-order valence-corrected chi connectivity index (χ2v) is 3.11. The highest BCUT2D eigenvalue weighted by Crippen LogP contribution is 2.17. The molecule has 0 spiro atoms. The molecule has 1 rings (SSSR count). The van der Waals surface area contributed by atoms with Gasteiger partial charge in [0.05, 0.1) is 6.16 Å². The highest BCUT2D eigenvalue weighted by molar-refractivity contribution is 8.93. The monoisotopic (exact) mass is 249 g/mol. The predicted molar refractivity (Wildman–Crippen MR) is 55.8 cm³/mol. The average molecular weight is 250 g/mol. The van der Waals surface area contributed by atoms with Gasteiger partial charge in [-0.2, -0.15) is 0 Å². The molecule has 0 saturated carbocycles. The number of hydrogen-bond acceptors (Lipinski definition) is 2. The van der Waals surface area contributed by atoms with Crippen molar-refractivity contribution in [2.45, 2.75) is 6.16 Å². The fourth-order valence-corrected chi connectivity index (χ4v) is 1.30. The lowest BCUT2D eigenvalue weighted by Crippen LogP contribution is -1.82. The van der Waals surface area contributed by atoms with Gasteiger partial charge in [-0.05, 0) is 5.56 Å². The van der Waals surface area contributed by atoms with Crippen molar-refractivity contribution >= 4 is 25.7 Å². The molecular formula is C7H9BrNO2P. The van der Waals surface area contributed by atoms with Gasteiger partial charge in [0.15, 0.2) is 0 Å². The van der Waals surface area contributed by atoms with Crippen molar-refractivity contribution in [2.24, 2.45) is 0 Å². The summed E-state index contributed by atoms with van der Waals surface area (Å²) in [7, 11) is -0.212. The van der Waals surface area contributed by atoms with Crippen LogP contribution in [0.1, 0.15) is 5.56 Å². The Kier molecular flexibility index (Phi) is 5.85. The SMILES string of the molecule is Br.O=[N+]([O-])PCc1ccccc1. The number of nitro groups is 1. The molecule has 0 bridgehead atoms. The van der Waals surface area contributed by atoms with Gasteiger partial charge >= 0.3 is 0 Å². The normalized spacial score (nSPS) is 9.67. The number of hydrogen-bond donors (Lipinski definition) is 0. The lowest BCUT2D eigenvalue weighted by atomic mass is 10.2.